The van der Waals surface area contributed by atoms with E-state index in [4.69, 9.17) is 29.0 Å². The number of nitrogens with two attached hydrogens (primary N) is 1. The fourth-order valence-electron chi connectivity index (χ4n) is 2.38. The van der Waals surface area contributed by atoms with Gasteiger partial charge >= 0.3 is 0 Å². The van der Waals surface area contributed by atoms with Crippen molar-refractivity contribution in [2.75, 3.05) is 20.1 Å². The lowest BCUT2D eigenvalue weighted by molar-refractivity contribution is 0.124. The molecular formula is C13H19Cl2N3. The number of nitrogens with zero attached hydrogens (tertiary/aromatic N) is 2. The third-order valence-electron chi connectivity index (χ3n) is 3.54. The molecule has 0 radical (unpaired) electrons. The van der Waals surface area contributed by atoms with Crippen LogP contribution in [-0.4, -0.2) is 36.1 Å². The maximum Gasteiger partial charge on any atom is 0.0595 e. The second-order valence-electron chi connectivity index (χ2n) is 4.93. The summed E-state index contributed by atoms with van der Waals surface area (Å²) in [6.45, 7) is 2.83. The Kier molecular flexibility index (Phi) is 4.87. The maximum atomic E-state index is 6.03. The third-order valence-corrected chi connectivity index (χ3v) is 4.28. The minimum Gasteiger partial charge on any atom is -0.299 e. The summed E-state index contributed by atoms with van der Waals surface area (Å²) in [5.41, 5.74) is 1.20. The predicted octanol–water partition coefficient (Wildman–Crippen LogP) is 2.76. The molecule has 1 aliphatic heterocycles. The van der Waals surface area contributed by atoms with Crippen LogP contribution >= 0.6 is 23.2 Å². The van der Waals surface area contributed by atoms with Gasteiger partial charge in [-0.15, -0.1) is 0 Å². The SMILES string of the molecule is CN(Cc1ccc(Cl)c(Cl)c1)C1CCN(N)CC1. The smallest absolute Gasteiger partial charge is 0.0595 e. The average Bonchev–Trinajstić information content (AvgIpc) is 2.34. The first-order valence-electron chi connectivity index (χ1n) is 6.20. The Labute approximate surface area is 118 Å². The van der Waals surface area contributed by atoms with Gasteiger partial charge < -0.3 is 0 Å². The van der Waals surface area contributed by atoms with E-state index in [1.165, 1.54) is 5.56 Å². The van der Waals surface area contributed by atoms with Gasteiger partial charge in [0, 0.05) is 25.7 Å². The summed E-state index contributed by atoms with van der Waals surface area (Å²) in [6.07, 6.45) is 2.24. The highest BCUT2D eigenvalue weighted by Gasteiger charge is 2.20. The number of halogens is 2. The average molecular weight is 288 g/mol. The summed E-state index contributed by atoms with van der Waals surface area (Å²) in [5, 5.41) is 3.13. The van der Waals surface area contributed by atoms with Crippen molar-refractivity contribution < 1.29 is 0 Å². The number of hydrogen-bond acceptors (Lipinski definition) is 3. The van der Waals surface area contributed by atoms with Crippen LogP contribution in [0.4, 0.5) is 0 Å². The molecule has 2 N–H and O–H groups in total. The molecule has 1 aromatic carbocycles. The van der Waals surface area contributed by atoms with Crippen molar-refractivity contribution in [3.8, 4) is 0 Å². The van der Waals surface area contributed by atoms with E-state index in [0.717, 1.165) is 32.5 Å². The molecule has 0 atom stereocenters. The van der Waals surface area contributed by atoms with Crippen LogP contribution < -0.4 is 5.84 Å². The van der Waals surface area contributed by atoms with Crippen LogP contribution in [0.5, 0.6) is 0 Å². The van der Waals surface area contributed by atoms with E-state index in [9.17, 15) is 0 Å². The zero-order valence-electron chi connectivity index (χ0n) is 10.6. The Morgan fingerprint density at radius 1 is 1.28 bits per heavy atom. The van der Waals surface area contributed by atoms with Crippen molar-refractivity contribution in [2.45, 2.75) is 25.4 Å². The largest absolute Gasteiger partial charge is 0.299 e. The van der Waals surface area contributed by atoms with E-state index < -0.39 is 0 Å². The minimum atomic E-state index is 0.597. The van der Waals surface area contributed by atoms with Crippen LogP contribution in [0.15, 0.2) is 18.2 Å². The number of hydrazine groups is 1. The topological polar surface area (TPSA) is 32.5 Å². The molecule has 0 bridgehead atoms. The first-order valence-corrected chi connectivity index (χ1v) is 6.95. The maximum absolute atomic E-state index is 6.03. The molecule has 2 rings (SSSR count). The Hall–Kier alpha value is -0.320. The standard InChI is InChI=1S/C13H19Cl2N3/c1-17(11-4-6-18(16)7-5-11)9-10-2-3-12(14)13(15)8-10/h2-3,8,11H,4-7,9,16H2,1H3. The number of piperidine rings is 1. The highest BCUT2D eigenvalue weighted by atomic mass is 35.5. The Morgan fingerprint density at radius 2 is 1.94 bits per heavy atom. The number of hydrogen-bond donors (Lipinski definition) is 1. The molecule has 1 saturated heterocycles. The van der Waals surface area contributed by atoms with Gasteiger partial charge in [-0.3, -0.25) is 10.7 Å². The highest BCUT2D eigenvalue weighted by molar-refractivity contribution is 6.42. The molecule has 18 heavy (non-hydrogen) atoms. The van der Waals surface area contributed by atoms with Crippen LogP contribution in [0.25, 0.3) is 0 Å². The van der Waals surface area contributed by atoms with Crippen LogP contribution in [0.2, 0.25) is 10.0 Å². The summed E-state index contributed by atoms with van der Waals surface area (Å²) < 4.78 is 0. The van der Waals surface area contributed by atoms with Gasteiger partial charge in [0.15, 0.2) is 0 Å². The van der Waals surface area contributed by atoms with Gasteiger partial charge in [0.2, 0.25) is 0 Å². The van der Waals surface area contributed by atoms with Crippen LogP contribution in [-0.2, 0) is 6.54 Å². The van der Waals surface area contributed by atoms with Gasteiger partial charge in [0.05, 0.1) is 10.0 Å². The fraction of sp³-hybridized carbons (Fsp3) is 0.538. The van der Waals surface area contributed by atoms with E-state index in [-0.39, 0.29) is 0 Å². The van der Waals surface area contributed by atoms with Gasteiger partial charge in [-0.1, -0.05) is 29.3 Å². The summed E-state index contributed by atoms with van der Waals surface area (Å²) in [5.74, 6) is 5.77. The van der Waals surface area contributed by atoms with Crippen molar-refractivity contribution in [2.24, 2.45) is 5.84 Å². The molecule has 0 unspecified atom stereocenters. The summed E-state index contributed by atoms with van der Waals surface area (Å²) in [6, 6.07) is 6.43. The molecule has 0 aromatic heterocycles. The zero-order valence-corrected chi connectivity index (χ0v) is 12.1. The van der Waals surface area contributed by atoms with Gasteiger partial charge in [-0.2, -0.15) is 0 Å². The number of benzene rings is 1. The number of rotatable bonds is 3. The van der Waals surface area contributed by atoms with Gasteiger partial charge in [-0.25, -0.2) is 5.01 Å². The molecule has 100 valence electrons. The lowest BCUT2D eigenvalue weighted by atomic mass is 10.0. The monoisotopic (exact) mass is 287 g/mol. The van der Waals surface area contributed by atoms with Crippen molar-refractivity contribution in [3.63, 3.8) is 0 Å². The van der Waals surface area contributed by atoms with E-state index in [1.54, 1.807) is 0 Å². The Balaban J connectivity index is 1.94. The summed E-state index contributed by atoms with van der Waals surface area (Å²) in [7, 11) is 2.15. The van der Waals surface area contributed by atoms with Crippen LogP contribution in [0, 0.1) is 0 Å². The molecular weight excluding hydrogens is 269 g/mol. The van der Waals surface area contributed by atoms with Crippen molar-refractivity contribution in [3.05, 3.63) is 33.8 Å². The molecule has 1 heterocycles. The minimum absolute atomic E-state index is 0.597. The quantitative estimate of drug-likeness (QED) is 0.868. The molecule has 0 aliphatic carbocycles. The second-order valence-corrected chi connectivity index (χ2v) is 5.75. The Morgan fingerprint density at radius 3 is 2.56 bits per heavy atom. The summed E-state index contributed by atoms with van der Waals surface area (Å²) >= 11 is 11.9. The second kappa shape index (κ2) is 6.22. The van der Waals surface area contributed by atoms with E-state index in [0.29, 0.717) is 16.1 Å². The normalized spacial score (nSPS) is 18.5. The molecule has 3 nitrogen and oxygen atoms in total. The Bertz CT molecular complexity index is 403. The van der Waals surface area contributed by atoms with E-state index in [1.807, 2.05) is 23.2 Å². The van der Waals surface area contributed by atoms with E-state index >= 15 is 0 Å². The van der Waals surface area contributed by atoms with Crippen molar-refractivity contribution in [1.29, 1.82) is 0 Å². The predicted molar refractivity (Wildman–Crippen MR) is 76.7 cm³/mol. The zero-order chi connectivity index (χ0) is 13.1. The van der Waals surface area contributed by atoms with Gasteiger partial charge in [-0.05, 0) is 37.6 Å². The van der Waals surface area contributed by atoms with Crippen molar-refractivity contribution >= 4 is 23.2 Å². The molecule has 0 saturated carbocycles. The third kappa shape index (κ3) is 3.59. The molecule has 0 spiro atoms. The van der Waals surface area contributed by atoms with Gasteiger partial charge in [0.25, 0.3) is 0 Å². The first-order chi connectivity index (χ1) is 8.56. The molecule has 0 amide bonds. The lowest BCUT2D eigenvalue weighted by Crippen LogP contribution is -2.45. The molecule has 5 heteroatoms. The summed E-state index contributed by atoms with van der Waals surface area (Å²) in [4.78, 5) is 2.37. The highest BCUT2D eigenvalue weighted by Crippen LogP contribution is 2.24. The fourth-order valence-corrected chi connectivity index (χ4v) is 2.70. The first kappa shape index (κ1) is 14.1. The lowest BCUT2D eigenvalue weighted by Gasteiger charge is -2.34. The van der Waals surface area contributed by atoms with E-state index in [2.05, 4.69) is 11.9 Å². The van der Waals surface area contributed by atoms with Gasteiger partial charge in [0.1, 0.15) is 0 Å². The molecule has 1 fully saturated rings. The molecule has 1 aromatic rings. The van der Waals surface area contributed by atoms with Crippen LogP contribution in [0.1, 0.15) is 18.4 Å². The van der Waals surface area contributed by atoms with Crippen molar-refractivity contribution in [1.82, 2.24) is 9.91 Å². The molecule has 1 aliphatic rings. The van der Waals surface area contributed by atoms with Crippen LogP contribution in [0.3, 0.4) is 0 Å².